The molecule has 0 fully saturated rings. The average molecular weight is 275 g/mol. The Morgan fingerprint density at radius 1 is 1.32 bits per heavy atom. The zero-order chi connectivity index (χ0) is 14.3. The Morgan fingerprint density at radius 2 is 1.95 bits per heavy atom. The lowest BCUT2D eigenvalue weighted by Crippen LogP contribution is -2.23. The van der Waals surface area contributed by atoms with E-state index in [2.05, 4.69) is 5.32 Å². The highest BCUT2D eigenvalue weighted by Gasteiger charge is 2.13. The maximum Gasteiger partial charge on any atom is 0.152 e. The number of aliphatic hydroxyl groups excluding tert-OH is 2. The molecule has 108 valence electrons. The van der Waals surface area contributed by atoms with Crippen LogP contribution in [0.5, 0.6) is 5.75 Å². The van der Waals surface area contributed by atoms with Gasteiger partial charge in [-0.05, 0) is 6.42 Å². The number of nitrogens with one attached hydrogen (secondary N) is 1. The summed E-state index contributed by atoms with van der Waals surface area (Å²) in [6.45, 7) is 1.78. The molecule has 0 heterocycles. The molecule has 0 saturated heterocycles. The van der Waals surface area contributed by atoms with Crippen molar-refractivity contribution in [3.8, 4) is 5.75 Å². The van der Waals surface area contributed by atoms with Gasteiger partial charge in [-0.15, -0.1) is 0 Å². The van der Waals surface area contributed by atoms with Crippen molar-refractivity contribution in [3.63, 3.8) is 0 Å². The van der Waals surface area contributed by atoms with Crippen molar-refractivity contribution in [3.05, 3.63) is 23.8 Å². The van der Waals surface area contributed by atoms with E-state index in [1.165, 1.54) is 0 Å². The van der Waals surface area contributed by atoms with Crippen LogP contribution >= 0.6 is 0 Å². The van der Waals surface area contributed by atoms with Crippen LogP contribution in [0.2, 0.25) is 0 Å². The second-order valence-corrected chi connectivity index (χ2v) is 4.18. The summed E-state index contributed by atoms with van der Waals surface area (Å²) >= 11 is 0. The van der Waals surface area contributed by atoms with E-state index in [1.54, 1.807) is 0 Å². The number of rotatable bonds is 8. The molecule has 0 spiro atoms. The quantitative estimate of drug-likeness (QED) is 0.634. The van der Waals surface area contributed by atoms with Gasteiger partial charge in [-0.3, -0.25) is 0 Å². The maximum absolute atomic E-state index is 13.6. The second-order valence-electron chi connectivity index (χ2n) is 4.18. The molecule has 0 bridgehead atoms. The summed E-state index contributed by atoms with van der Waals surface area (Å²) in [6.07, 6.45) is 0.676. The number of benzene rings is 1. The molecular formula is C13H19F2NO3. The predicted octanol–water partition coefficient (Wildman–Crippen LogP) is 1.91. The fourth-order valence-electron chi connectivity index (χ4n) is 1.42. The van der Waals surface area contributed by atoms with E-state index in [-0.39, 0.29) is 18.0 Å². The summed E-state index contributed by atoms with van der Waals surface area (Å²) in [5, 5.41) is 20.1. The van der Waals surface area contributed by atoms with Crippen molar-refractivity contribution in [2.45, 2.75) is 25.9 Å². The minimum absolute atomic E-state index is 0.136. The first-order chi connectivity index (χ1) is 9.08. The van der Waals surface area contributed by atoms with Crippen molar-refractivity contribution < 1.29 is 23.7 Å². The summed E-state index contributed by atoms with van der Waals surface area (Å²) < 4.78 is 32.5. The van der Waals surface area contributed by atoms with E-state index in [1.807, 2.05) is 6.92 Å². The van der Waals surface area contributed by atoms with Gasteiger partial charge >= 0.3 is 0 Å². The molecule has 0 aliphatic rings. The summed E-state index contributed by atoms with van der Waals surface area (Å²) in [7, 11) is 0. The van der Waals surface area contributed by atoms with Crippen LogP contribution in [-0.2, 0) is 0 Å². The summed E-state index contributed by atoms with van der Waals surface area (Å²) in [5.41, 5.74) is -0.338. The lowest BCUT2D eigenvalue weighted by molar-refractivity contribution is 0.105. The molecule has 0 aliphatic carbocycles. The SMILES string of the molecule is CCCCOc1cc(F)c(NCC(O)CO)c(F)c1. The first-order valence-corrected chi connectivity index (χ1v) is 6.23. The lowest BCUT2D eigenvalue weighted by Gasteiger charge is -2.13. The molecule has 1 unspecified atom stereocenters. The van der Waals surface area contributed by atoms with Gasteiger partial charge in [-0.2, -0.15) is 0 Å². The number of unbranched alkanes of at least 4 members (excludes halogenated alkanes) is 1. The largest absolute Gasteiger partial charge is 0.493 e. The average Bonchev–Trinajstić information content (AvgIpc) is 2.37. The monoisotopic (exact) mass is 275 g/mol. The van der Waals surface area contributed by atoms with Crippen LogP contribution in [0.1, 0.15) is 19.8 Å². The van der Waals surface area contributed by atoms with Gasteiger partial charge in [-0.1, -0.05) is 13.3 Å². The summed E-state index contributed by atoms with van der Waals surface area (Å²) in [6, 6.07) is 2.18. The number of hydrogen-bond donors (Lipinski definition) is 3. The van der Waals surface area contributed by atoms with Crippen LogP contribution < -0.4 is 10.1 Å². The van der Waals surface area contributed by atoms with E-state index >= 15 is 0 Å². The van der Waals surface area contributed by atoms with E-state index in [4.69, 9.17) is 14.9 Å². The molecule has 0 radical (unpaired) electrons. The molecule has 0 aromatic heterocycles. The normalized spacial score (nSPS) is 12.3. The van der Waals surface area contributed by atoms with Gasteiger partial charge in [-0.25, -0.2) is 8.78 Å². The highest BCUT2D eigenvalue weighted by molar-refractivity contribution is 5.49. The standard InChI is InChI=1S/C13H19F2NO3/c1-2-3-4-19-10-5-11(14)13(12(15)6-10)16-7-9(18)8-17/h5-6,9,16-18H,2-4,7-8H2,1H3. The van der Waals surface area contributed by atoms with Crippen LogP contribution in [0.25, 0.3) is 0 Å². The van der Waals surface area contributed by atoms with Gasteiger partial charge in [0.1, 0.15) is 11.4 Å². The minimum atomic E-state index is -1.07. The predicted molar refractivity (Wildman–Crippen MR) is 68.3 cm³/mol. The molecule has 6 heteroatoms. The van der Waals surface area contributed by atoms with Gasteiger partial charge < -0.3 is 20.3 Å². The molecule has 1 rings (SSSR count). The highest BCUT2D eigenvalue weighted by Crippen LogP contribution is 2.25. The molecule has 0 aliphatic heterocycles. The van der Waals surface area contributed by atoms with Crippen LogP contribution in [0.15, 0.2) is 12.1 Å². The topological polar surface area (TPSA) is 61.7 Å². The van der Waals surface area contributed by atoms with Crippen LogP contribution in [-0.4, -0.2) is 36.1 Å². The maximum atomic E-state index is 13.6. The van der Waals surface area contributed by atoms with Crippen molar-refractivity contribution in [2.24, 2.45) is 0 Å². The Labute approximate surface area is 111 Å². The summed E-state index contributed by atoms with van der Waals surface area (Å²) in [4.78, 5) is 0. The molecule has 3 N–H and O–H groups in total. The number of anilines is 1. The van der Waals surface area contributed by atoms with E-state index in [0.717, 1.165) is 25.0 Å². The fraction of sp³-hybridized carbons (Fsp3) is 0.538. The first-order valence-electron chi connectivity index (χ1n) is 6.23. The third kappa shape index (κ3) is 5.00. The van der Waals surface area contributed by atoms with Gasteiger partial charge in [0, 0.05) is 18.7 Å². The molecule has 1 aromatic carbocycles. The number of halogens is 2. The Kier molecular flexibility index (Phi) is 6.52. The highest BCUT2D eigenvalue weighted by atomic mass is 19.1. The number of ether oxygens (including phenoxy) is 1. The van der Waals surface area contributed by atoms with E-state index in [9.17, 15) is 8.78 Å². The third-order valence-corrected chi connectivity index (χ3v) is 2.51. The van der Waals surface area contributed by atoms with Crippen molar-refractivity contribution in [1.29, 1.82) is 0 Å². The van der Waals surface area contributed by atoms with Crippen molar-refractivity contribution in [2.75, 3.05) is 25.1 Å². The Hall–Kier alpha value is -1.40. The van der Waals surface area contributed by atoms with Gasteiger partial charge in [0.25, 0.3) is 0 Å². The Balaban J connectivity index is 2.68. The van der Waals surface area contributed by atoms with Crippen molar-refractivity contribution >= 4 is 5.69 Å². The smallest absolute Gasteiger partial charge is 0.152 e. The molecular weight excluding hydrogens is 256 g/mol. The molecule has 4 nitrogen and oxygen atoms in total. The van der Waals surface area contributed by atoms with Gasteiger partial charge in [0.2, 0.25) is 0 Å². The van der Waals surface area contributed by atoms with E-state index in [0.29, 0.717) is 6.61 Å². The Morgan fingerprint density at radius 3 is 2.47 bits per heavy atom. The van der Waals surface area contributed by atoms with Crippen LogP contribution in [0.4, 0.5) is 14.5 Å². The van der Waals surface area contributed by atoms with E-state index < -0.39 is 24.3 Å². The van der Waals surface area contributed by atoms with Crippen molar-refractivity contribution in [1.82, 2.24) is 0 Å². The lowest BCUT2D eigenvalue weighted by atomic mass is 10.2. The van der Waals surface area contributed by atoms with Crippen LogP contribution in [0.3, 0.4) is 0 Å². The van der Waals surface area contributed by atoms with Gasteiger partial charge in [0.05, 0.1) is 19.3 Å². The Bertz CT molecular complexity index is 378. The first kappa shape index (κ1) is 15.7. The van der Waals surface area contributed by atoms with Gasteiger partial charge in [0.15, 0.2) is 11.6 Å². The molecule has 1 aromatic rings. The minimum Gasteiger partial charge on any atom is -0.493 e. The zero-order valence-corrected chi connectivity index (χ0v) is 10.8. The molecule has 0 saturated carbocycles. The summed E-state index contributed by atoms with van der Waals surface area (Å²) in [5.74, 6) is -1.45. The molecule has 0 amide bonds. The zero-order valence-electron chi connectivity index (χ0n) is 10.8. The molecule has 1 atom stereocenters. The number of aliphatic hydroxyl groups is 2. The van der Waals surface area contributed by atoms with Crippen LogP contribution in [0, 0.1) is 11.6 Å². The number of hydrogen-bond acceptors (Lipinski definition) is 4. The second kappa shape index (κ2) is 7.91. The fourth-order valence-corrected chi connectivity index (χ4v) is 1.42. The third-order valence-electron chi connectivity index (χ3n) is 2.51. The molecule has 19 heavy (non-hydrogen) atoms.